The van der Waals surface area contributed by atoms with Crippen LogP contribution in [-0.4, -0.2) is 39.1 Å². The molecule has 104 valence electrons. The zero-order chi connectivity index (χ0) is 13.7. The smallest absolute Gasteiger partial charge is 0.148 e. The third-order valence-corrected chi connectivity index (χ3v) is 4.36. The average Bonchev–Trinajstić information content (AvgIpc) is 2.80. The number of nitrogens with one attached hydrogen (secondary N) is 2. The molecule has 0 aromatic carbocycles. The second-order valence-electron chi connectivity index (χ2n) is 5.76. The summed E-state index contributed by atoms with van der Waals surface area (Å²) in [6, 6.07) is 4.60. The van der Waals surface area contributed by atoms with Gasteiger partial charge in [0.15, 0.2) is 0 Å². The zero-order valence-electron chi connectivity index (χ0n) is 11.7. The van der Waals surface area contributed by atoms with Gasteiger partial charge in [-0.05, 0) is 30.9 Å². The van der Waals surface area contributed by atoms with E-state index in [4.69, 9.17) is 0 Å². The summed E-state index contributed by atoms with van der Waals surface area (Å²) in [4.78, 5) is 0. The van der Waals surface area contributed by atoms with Crippen LogP contribution in [0.2, 0.25) is 0 Å². The topological polar surface area (TPSA) is 67.7 Å². The van der Waals surface area contributed by atoms with Crippen LogP contribution in [0.5, 0.6) is 0 Å². The summed E-state index contributed by atoms with van der Waals surface area (Å²) >= 11 is 0. The molecule has 0 radical (unpaired) electrons. The molecule has 3 heterocycles. The molecular weight excluding hydrogens is 252 g/mol. The molecular formula is C14H18N6. The van der Waals surface area contributed by atoms with E-state index in [0.717, 1.165) is 47.7 Å². The van der Waals surface area contributed by atoms with E-state index in [-0.39, 0.29) is 0 Å². The molecule has 1 aliphatic carbocycles. The molecule has 0 unspecified atom stereocenters. The number of aryl methyl sites for hydroxylation is 2. The summed E-state index contributed by atoms with van der Waals surface area (Å²) in [6.07, 6.45) is 1.98. The molecule has 2 aliphatic rings. The van der Waals surface area contributed by atoms with E-state index in [1.54, 1.807) is 4.68 Å². The lowest BCUT2D eigenvalue weighted by atomic mass is 10.2. The first kappa shape index (κ1) is 11.8. The Kier molecular flexibility index (Phi) is 2.53. The van der Waals surface area contributed by atoms with Crippen LogP contribution < -0.4 is 10.6 Å². The summed E-state index contributed by atoms with van der Waals surface area (Å²) in [6.45, 7) is 4.24. The van der Waals surface area contributed by atoms with Gasteiger partial charge in [0.25, 0.3) is 0 Å². The molecule has 1 saturated heterocycles. The molecule has 0 spiro atoms. The quantitative estimate of drug-likeness (QED) is 0.864. The van der Waals surface area contributed by atoms with E-state index in [2.05, 4.69) is 25.9 Å². The highest BCUT2D eigenvalue weighted by atomic mass is 15.3. The highest BCUT2D eigenvalue weighted by Crippen LogP contribution is 2.43. The molecule has 4 rings (SSSR count). The molecule has 2 aromatic rings. The second kappa shape index (κ2) is 4.28. The van der Waals surface area contributed by atoms with E-state index >= 15 is 0 Å². The minimum Gasteiger partial charge on any atom is -0.365 e. The molecule has 2 fully saturated rings. The number of hydrogen-bond donors (Lipinski definition) is 2. The van der Waals surface area contributed by atoms with Gasteiger partial charge in [0.2, 0.25) is 0 Å². The van der Waals surface area contributed by atoms with E-state index in [1.807, 2.05) is 32.3 Å². The number of rotatable bonds is 3. The van der Waals surface area contributed by atoms with Gasteiger partial charge in [-0.25, -0.2) is 0 Å². The van der Waals surface area contributed by atoms with E-state index in [0.29, 0.717) is 6.04 Å². The van der Waals surface area contributed by atoms with E-state index in [1.165, 1.54) is 0 Å². The molecule has 20 heavy (non-hydrogen) atoms. The van der Waals surface area contributed by atoms with Gasteiger partial charge in [0.1, 0.15) is 5.82 Å². The number of nitrogens with zero attached hydrogens (tertiary/aromatic N) is 4. The lowest BCUT2D eigenvalue weighted by Crippen LogP contribution is -2.21. The molecule has 0 bridgehead atoms. The number of piperidine rings is 1. The van der Waals surface area contributed by atoms with Crippen molar-refractivity contribution in [2.75, 3.05) is 18.4 Å². The second-order valence-corrected chi connectivity index (χ2v) is 5.76. The maximum atomic E-state index is 4.33. The van der Waals surface area contributed by atoms with Crippen molar-refractivity contribution in [2.24, 2.45) is 18.9 Å². The predicted molar refractivity (Wildman–Crippen MR) is 76.2 cm³/mol. The number of hydrogen-bond acceptors (Lipinski definition) is 5. The average molecular weight is 270 g/mol. The lowest BCUT2D eigenvalue weighted by Gasteiger charge is -2.07. The van der Waals surface area contributed by atoms with E-state index < -0.39 is 0 Å². The molecule has 1 saturated carbocycles. The van der Waals surface area contributed by atoms with Crippen molar-refractivity contribution in [3.8, 4) is 11.3 Å². The highest BCUT2D eigenvalue weighted by Gasteiger charge is 2.53. The van der Waals surface area contributed by atoms with Crippen molar-refractivity contribution in [1.82, 2.24) is 25.3 Å². The fraction of sp³-hybridized carbons (Fsp3) is 0.500. The van der Waals surface area contributed by atoms with Gasteiger partial charge in [-0.3, -0.25) is 4.68 Å². The van der Waals surface area contributed by atoms with Gasteiger partial charge >= 0.3 is 0 Å². The Balaban J connectivity index is 1.50. The fourth-order valence-corrected chi connectivity index (χ4v) is 3.21. The lowest BCUT2D eigenvalue weighted by molar-refractivity contribution is 0.694. The molecule has 2 N–H and O–H groups in total. The Morgan fingerprint density at radius 1 is 1.25 bits per heavy atom. The van der Waals surface area contributed by atoms with Gasteiger partial charge in [-0.1, -0.05) is 0 Å². The largest absolute Gasteiger partial charge is 0.365 e. The van der Waals surface area contributed by atoms with Gasteiger partial charge in [0.05, 0.1) is 11.4 Å². The van der Waals surface area contributed by atoms with E-state index in [9.17, 15) is 0 Å². The molecule has 0 amide bonds. The Morgan fingerprint density at radius 2 is 2.05 bits per heavy atom. The standard InChI is InChI=1S/C14H18N6/c1-8-11(7-20(2)19-8)12-3-4-13(18-17-12)16-14-9-5-15-6-10(9)14/h3-4,7,9-10,14-15H,5-6H2,1-2H3,(H,16,18)/t9-,10+,14+. The van der Waals surface area contributed by atoms with Gasteiger partial charge in [-0.15, -0.1) is 10.2 Å². The summed E-state index contributed by atoms with van der Waals surface area (Å²) in [5, 5.41) is 19.8. The minimum absolute atomic E-state index is 0.580. The molecule has 2 aromatic heterocycles. The van der Waals surface area contributed by atoms with Crippen LogP contribution in [0.4, 0.5) is 5.82 Å². The van der Waals surface area contributed by atoms with Gasteiger partial charge < -0.3 is 10.6 Å². The van der Waals surface area contributed by atoms with Crippen molar-refractivity contribution in [1.29, 1.82) is 0 Å². The van der Waals surface area contributed by atoms with Crippen molar-refractivity contribution in [2.45, 2.75) is 13.0 Å². The van der Waals surface area contributed by atoms with Crippen LogP contribution in [0.25, 0.3) is 11.3 Å². The van der Waals surface area contributed by atoms with Gasteiger partial charge in [-0.2, -0.15) is 5.10 Å². The maximum absolute atomic E-state index is 4.33. The van der Waals surface area contributed by atoms with Gasteiger partial charge in [0, 0.05) is 37.9 Å². The third kappa shape index (κ3) is 1.87. The predicted octanol–water partition coefficient (Wildman–Crippen LogP) is 0.815. The zero-order valence-corrected chi connectivity index (χ0v) is 11.7. The normalized spacial score (nSPS) is 27.4. The van der Waals surface area contributed by atoms with Crippen molar-refractivity contribution in [3.05, 3.63) is 24.0 Å². The highest BCUT2D eigenvalue weighted by molar-refractivity contribution is 5.61. The summed E-state index contributed by atoms with van der Waals surface area (Å²) in [5.74, 6) is 2.42. The Labute approximate surface area is 117 Å². The van der Waals surface area contributed by atoms with Crippen molar-refractivity contribution in [3.63, 3.8) is 0 Å². The van der Waals surface area contributed by atoms with Crippen LogP contribution in [0, 0.1) is 18.8 Å². The molecule has 3 atom stereocenters. The van der Waals surface area contributed by atoms with Crippen molar-refractivity contribution < 1.29 is 0 Å². The van der Waals surface area contributed by atoms with Crippen LogP contribution in [0.3, 0.4) is 0 Å². The van der Waals surface area contributed by atoms with Crippen LogP contribution in [-0.2, 0) is 7.05 Å². The SMILES string of the molecule is Cc1nn(C)cc1-c1ccc(N[C@H]2[C@@H]3CNC[C@@H]32)nn1. The Hall–Kier alpha value is -1.95. The summed E-state index contributed by atoms with van der Waals surface area (Å²) in [7, 11) is 1.92. The monoisotopic (exact) mass is 270 g/mol. The van der Waals surface area contributed by atoms with Crippen LogP contribution in [0.15, 0.2) is 18.3 Å². The third-order valence-electron chi connectivity index (χ3n) is 4.36. The number of anilines is 1. The summed E-state index contributed by atoms with van der Waals surface area (Å²) < 4.78 is 1.80. The van der Waals surface area contributed by atoms with Crippen LogP contribution >= 0.6 is 0 Å². The number of fused-ring (bicyclic) bond motifs is 1. The van der Waals surface area contributed by atoms with Crippen LogP contribution in [0.1, 0.15) is 5.69 Å². The molecule has 6 nitrogen and oxygen atoms in total. The Morgan fingerprint density at radius 3 is 2.65 bits per heavy atom. The Bertz CT molecular complexity index is 622. The fourth-order valence-electron chi connectivity index (χ4n) is 3.21. The van der Waals surface area contributed by atoms with Crippen molar-refractivity contribution >= 4 is 5.82 Å². The molecule has 6 heteroatoms. The maximum Gasteiger partial charge on any atom is 0.148 e. The first-order chi connectivity index (χ1) is 9.72. The molecule has 1 aliphatic heterocycles. The summed E-state index contributed by atoms with van der Waals surface area (Å²) in [5.41, 5.74) is 2.89. The number of aromatic nitrogens is 4. The first-order valence-corrected chi connectivity index (χ1v) is 7.04. The minimum atomic E-state index is 0.580. The first-order valence-electron chi connectivity index (χ1n) is 7.04.